The zero-order valence-corrected chi connectivity index (χ0v) is 12.8. The highest BCUT2D eigenvalue weighted by Crippen LogP contribution is 2.25. The summed E-state index contributed by atoms with van der Waals surface area (Å²) >= 11 is 0. The molecule has 6 nitrogen and oxygen atoms in total. The molecule has 112 valence electrons. The number of hydrogen-bond donors (Lipinski definition) is 0. The summed E-state index contributed by atoms with van der Waals surface area (Å²) in [5.41, 5.74) is 1.22. The number of carbonyl (C=O) groups excluding carboxylic acids is 1. The quantitative estimate of drug-likeness (QED) is 0.790. The van der Waals surface area contributed by atoms with Crippen molar-refractivity contribution < 1.29 is 9.53 Å². The molecule has 1 aromatic rings. The normalized spacial score (nSPS) is 18.9. The molecule has 0 aliphatic carbocycles. The maximum Gasteiger partial charge on any atom is 0.236 e. The third-order valence-electron chi connectivity index (χ3n) is 3.90. The molecular weight excluding hydrogens is 256 g/mol. The molecule has 1 aliphatic rings. The molecule has 0 saturated carbocycles. The van der Waals surface area contributed by atoms with Gasteiger partial charge in [-0.3, -0.25) is 9.69 Å². The smallest absolute Gasteiger partial charge is 0.236 e. The van der Waals surface area contributed by atoms with E-state index >= 15 is 0 Å². The van der Waals surface area contributed by atoms with E-state index in [-0.39, 0.29) is 11.9 Å². The Morgan fingerprint density at radius 3 is 2.90 bits per heavy atom. The van der Waals surface area contributed by atoms with E-state index in [1.54, 1.807) is 26.1 Å². The van der Waals surface area contributed by atoms with Crippen molar-refractivity contribution >= 4 is 5.91 Å². The fourth-order valence-electron chi connectivity index (χ4n) is 2.54. The summed E-state index contributed by atoms with van der Waals surface area (Å²) in [5.74, 6) is 1.19. The minimum Gasteiger partial charge on any atom is -0.384 e. The number of nitrogens with zero attached hydrogens (tertiary/aromatic N) is 4. The SMILES string of the molecule is COCCc1cnc2n1CCN(CC(=O)N(C)C)C2C. The molecule has 1 unspecified atom stereocenters. The van der Waals surface area contributed by atoms with Crippen LogP contribution in [0.3, 0.4) is 0 Å². The largest absolute Gasteiger partial charge is 0.384 e. The molecule has 0 radical (unpaired) electrons. The Balaban J connectivity index is 2.08. The number of carbonyl (C=O) groups is 1. The molecule has 0 saturated heterocycles. The number of methoxy groups -OCH3 is 1. The number of imidazole rings is 1. The molecule has 1 atom stereocenters. The second-order valence-electron chi connectivity index (χ2n) is 5.44. The Bertz CT molecular complexity index is 470. The monoisotopic (exact) mass is 280 g/mol. The van der Waals surface area contributed by atoms with E-state index in [9.17, 15) is 4.79 Å². The Hall–Kier alpha value is -1.40. The number of hydrogen-bond acceptors (Lipinski definition) is 4. The van der Waals surface area contributed by atoms with Gasteiger partial charge in [0.15, 0.2) is 0 Å². The van der Waals surface area contributed by atoms with Crippen molar-refractivity contribution in [2.75, 3.05) is 40.9 Å². The molecule has 2 heterocycles. The number of rotatable bonds is 5. The van der Waals surface area contributed by atoms with Crippen LogP contribution in [0.4, 0.5) is 0 Å². The molecule has 0 aromatic carbocycles. The first kappa shape index (κ1) is 15.0. The van der Waals surface area contributed by atoms with Crippen molar-refractivity contribution in [3.8, 4) is 0 Å². The van der Waals surface area contributed by atoms with Crippen LogP contribution in [-0.2, 0) is 22.5 Å². The lowest BCUT2D eigenvalue weighted by atomic mass is 10.2. The average molecular weight is 280 g/mol. The van der Waals surface area contributed by atoms with Crippen LogP contribution in [0.15, 0.2) is 6.20 Å². The molecular formula is C14H24N4O2. The number of aromatic nitrogens is 2. The summed E-state index contributed by atoms with van der Waals surface area (Å²) in [6.07, 6.45) is 2.81. The highest BCUT2D eigenvalue weighted by molar-refractivity contribution is 5.77. The van der Waals surface area contributed by atoms with Gasteiger partial charge >= 0.3 is 0 Å². The van der Waals surface area contributed by atoms with E-state index in [0.29, 0.717) is 13.2 Å². The van der Waals surface area contributed by atoms with Gasteiger partial charge in [0.05, 0.1) is 19.2 Å². The average Bonchev–Trinajstić information content (AvgIpc) is 2.83. The predicted octanol–water partition coefficient (Wildman–Crippen LogP) is 0.537. The van der Waals surface area contributed by atoms with Gasteiger partial charge in [-0.15, -0.1) is 0 Å². The Labute approximate surface area is 120 Å². The predicted molar refractivity (Wildman–Crippen MR) is 76.5 cm³/mol. The lowest BCUT2D eigenvalue weighted by Gasteiger charge is -2.34. The summed E-state index contributed by atoms with van der Waals surface area (Å²) in [4.78, 5) is 20.2. The molecule has 1 aliphatic heterocycles. The zero-order valence-electron chi connectivity index (χ0n) is 12.8. The van der Waals surface area contributed by atoms with E-state index in [0.717, 1.165) is 25.3 Å². The minimum atomic E-state index is 0.136. The van der Waals surface area contributed by atoms with Crippen LogP contribution in [0.2, 0.25) is 0 Å². The van der Waals surface area contributed by atoms with Crippen molar-refractivity contribution in [2.45, 2.75) is 25.9 Å². The fourth-order valence-corrected chi connectivity index (χ4v) is 2.54. The second-order valence-corrected chi connectivity index (χ2v) is 5.44. The fraction of sp³-hybridized carbons (Fsp3) is 0.714. The van der Waals surface area contributed by atoms with Crippen LogP contribution in [0.25, 0.3) is 0 Å². The second kappa shape index (κ2) is 6.37. The van der Waals surface area contributed by atoms with Crippen LogP contribution >= 0.6 is 0 Å². The summed E-state index contributed by atoms with van der Waals surface area (Å²) in [6.45, 7) is 5.04. The van der Waals surface area contributed by atoms with Gasteiger partial charge in [-0.25, -0.2) is 4.98 Å². The van der Waals surface area contributed by atoms with Gasteiger partial charge in [0.25, 0.3) is 0 Å². The Kier molecular flexibility index (Phi) is 4.77. The van der Waals surface area contributed by atoms with Crippen molar-refractivity contribution in [2.24, 2.45) is 0 Å². The van der Waals surface area contributed by atoms with Crippen LogP contribution in [0, 0.1) is 0 Å². The zero-order chi connectivity index (χ0) is 14.7. The first-order valence-corrected chi connectivity index (χ1v) is 7.02. The molecule has 6 heteroatoms. The number of ether oxygens (including phenoxy) is 1. The standard InChI is InChI=1S/C14H24N4O2/c1-11-14-15-9-12(5-8-20-4)18(14)7-6-17(11)10-13(19)16(2)3/h9,11H,5-8,10H2,1-4H3. The highest BCUT2D eigenvalue weighted by atomic mass is 16.5. The van der Waals surface area contributed by atoms with Gasteiger partial charge in [0.2, 0.25) is 5.91 Å². The molecule has 0 fully saturated rings. The van der Waals surface area contributed by atoms with E-state index in [1.807, 2.05) is 6.20 Å². The van der Waals surface area contributed by atoms with Crippen LogP contribution in [-0.4, -0.2) is 66.2 Å². The van der Waals surface area contributed by atoms with Gasteiger partial charge in [0, 0.05) is 52.6 Å². The van der Waals surface area contributed by atoms with E-state index in [4.69, 9.17) is 4.74 Å². The summed E-state index contributed by atoms with van der Waals surface area (Å²) in [7, 11) is 5.30. The maximum atomic E-state index is 11.9. The van der Waals surface area contributed by atoms with Crippen molar-refractivity contribution in [1.29, 1.82) is 0 Å². The van der Waals surface area contributed by atoms with Crippen molar-refractivity contribution in [3.05, 3.63) is 17.7 Å². The van der Waals surface area contributed by atoms with E-state index in [1.165, 1.54) is 5.69 Å². The van der Waals surface area contributed by atoms with Gasteiger partial charge in [-0.1, -0.05) is 0 Å². The first-order valence-electron chi connectivity index (χ1n) is 7.02. The Morgan fingerprint density at radius 1 is 1.50 bits per heavy atom. The van der Waals surface area contributed by atoms with Crippen LogP contribution in [0.5, 0.6) is 0 Å². The van der Waals surface area contributed by atoms with E-state index in [2.05, 4.69) is 21.4 Å². The van der Waals surface area contributed by atoms with Crippen LogP contribution in [0.1, 0.15) is 24.5 Å². The molecule has 0 spiro atoms. The third-order valence-corrected chi connectivity index (χ3v) is 3.90. The topological polar surface area (TPSA) is 50.6 Å². The van der Waals surface area contributed by atoms with Gasteiger partial charge in [-0.2, -0.15) is 0 Å². The van der Waals surface area contributed by atoms with Crippen LogP contribution < -0.4 is 0 Å². The number of likely N-dealkylation sites (N-methyl/N-ethyl adjacent to an activating group) is 1. The van der Waals surface area contributed by atoms with Gasteiger partial charge in [-0.05, 0) is 6.92 Å². The third kappa shape index (κ3) is 3.02. The summed E-state index contributed by atoms with van der Waals surface area (Å²) < 4.78 is 7.40. The molecule has 0 bridgehead atoms. The number of fused-ring (bicyclic) bond motifs is 1. The lowest BCUT2D eigenvalue weighted by molar-refractivity contribution is -0.130. The number of amides is 1. The molecule has 1 aromatic heterocycles. The highest BCUT2D eigenvalue weighted by Gasteiger charge is 2.28. The molecule has 2 rings (SSSR count). The lowest BCUT2D eigenvalue weighted by Crippen LogP contribution is -2.43. The van der Waals surface area contributed by atoms with Gasteiger partial charge in [0.1, 0.15) is 5.82 Å². The first-order chi connectivity index (χ1) is 9.54. The van der Waals surface area contributed by atoms with Crippen molar-refractivity contribution in [1.82, 2.24) is 19.4 Å². The summed E-state index contributed by atoms with van der Waals surface area (Å²) in [6, 6.07) is 0.170. The maximum absolute atomic E-state index is 11.9. The van der Waals surface area contributed by atoms with Gasteiger partial charge < -0.3 is 14.2 Å². The van der Waals surface area contributed by atoms with E-state index < -0.39 is 0 Å². The minimum absolute atomic E-state index is 0.136. The molecule has 20 heavy (non-hydrogen) atoms. The van der Waals surface area contributed by atoms with Crippen molar-refractivity contribution in [3.63, 3.8) is 0 Å². The summed E-state index contributed by atoms with van der Waals surface area (Å²) in [5, 5.41) is 0. The Morgan fingerprint density at radius 2 is 2.25 bits per heavy atom. The molecule has 0 N–H and O–H groups in total. The molecule has 1 amide bonds.